The molecule has 3 aromatic heterocycles. The van der Waals surface area contributed by atoms with Gasteiger partial charge >= 0.3 is 0 Å². The molecule has 2 amide bonds. The normalized spacial score (nSPS) is 11.1. The van der Waals surface area contributed by atoms with Crippen LogP contribution in [0.25, 0.3) is 10.2 Å². The molecule has 31 heavy (non-hydrogen) atoms. The molecule has 0 aliphatic heterocycles. The Bertz CT molecular complexity index is 1220. The van der Waals surface area contributed by atoms with Crippen molar-refractivity contribution in [3.63, 3.8) is 0 Å². The number of hydrogen-bond acceptors (Lipinski definition) is 8. The molecule has 160 valence electrons. The number of carbonyl (C=O) groups is 2. The Morgan fingerprint density at radius 3 is 2.94 bits per heavy atom. The Morgan fingerprint density at radius 2 is 2.16 bits per heavy atom. The lowest BCUT2D eigenvalue weighted by atomic mass is 10.3. The van der Waals surface area contributed by atoms with E-state index in [9.17, 15) is 14.0 Å². The number of halogens is 1. The number of amides is 2. The highest BCUT2D eigenvalue weighted by atomic mass is 32.2. The zero-order valence-electron chi connectivity index (χ0n) is 16.1. The molecule has 4 aromatic rings. The molecule has 3 heterocycles. The van der Waals surface area contributed by atoms with Crippen molar-refractivity contribution in [2.24, 2.45) is 5.73 Å². The SMILES string of the molecule is NC(=O)CCc1nnc(SCC(=O)Nc2nc3ccc(F)cc3s2)n1Cc1ccco1. The molecule has 0 unspecified atom stereocenters. The molecule has 12 heteroatoms. The lowest BCUT2D eigenvalue weighted by molar-refractivity contribution is -0.118. The third kappa shape index (κ3) is 5.27. The van der Waals surface area contributed by atoms with Gasteiger partial charge in [0.15, 0.2) is 10.3 Å². The number of hydrogen-bond donors (Lipinski definition) is 2. The molecule has 0 aliphatic rings. The summed E-state index contributed by atoms with van der Waals surface area (Å²) < 4.78 is 21.2. The van der Waals surface area contributed by atoms with Gasteiger partial charge in [0.25, 0.3) is 0 Å². The number of benzene rings is 1. The number of nitrogens with one attached hydrogen (secondary N) is 1. The molecule has 0 aliphatic carbocycles. The lowest BCUT2D eigenvalue weighted by Gasteiger charge is -2.08. The Kier molecular flexibility index (Phi) is 6.28. The predicted octanol–water partition coefficient (Wildman–Crippen LogP) is 2.82. The van der Waals surface area contributed by atoms with Crippen molar-refractivity contribution in [3.05, 3.63) is 54.0 Å². The zero-order chi connectivity index (χ0) is 21.8. The molecular weight excluding hydrogens is 443 g/mol. The second-order valence-electron chi connectivity index (χ2n) is 6.50. The molecule has 0 saturated heterocycles. The second kappa shape index (κ2) is 9.27. The molecule has 1 aromatic carbocycles. The van der Waals surface area contributed by atoms with Gasteiger partial charge in [0.05, 0.1) is 28.8 Å². The first-order valence-corrected chi connectivity index (χ1v) is 11.0. The Morgan fingerprint density at radius 1 is 1.29 bits per heavy atom. The number of anilines is 1. The highest BCUT2D eigenvalue weighted by molar-refractivity contribution is 7.99. The third-order valence-electron chi connectivity index (χ3n) is 4.21. The molecule has 0 atom stereocenters. The van der Waals surface area contributed by atoms with E-state index in [-0.39, 0.29) is 23.9 Å². The number of carbonyl (C=O) groups excluding carboxylic acids is 2. The molecule has 4 rings (SSSR count). The molecule has 0 saturated carbocycles. The van der Waals surface area contributed by atoms with Gasteiger partial charge in [-0.25, -0.2) is 9.37 Å². The van der Waals surface area contributed by atoms with Gasteiger partial charge in [-0.2, -0.15) is 0 Å². The quantitative estimate of drug-likeness (QED) is 0.368. The van der Waals surface area contributed by atoms with E-state index in [4.69, 9.17) is 10.2 Å². The van der Waals surface area contributed by atoms with Crippen molar-refractivity contribution in [2.45, 2.75) is 24.5 Å². The average molecular weight is 461 g/mol. The molecule has 0 fully saturated rings. The lowest BCUT2D eigenvalue weighted by Crippen LogP contribution is -2.15. The number of fused-ring (bicyclic) bond motifs is 1. The van der Waals surface area contributed by atoms with Crippen molar-refractivity contribution < 1.29 is 18.4 Å². The van der Waals surface area contributed by atoms with E-state index >= 15 is 0 Å². The first kappa shape index (κ1) is 21.0. The van der Waals surface area contributed by atoms with Gasteiger partial charge in [-0.1, -0.05) is 23.1 Å². The molecular formula is C19H17FN6O3S2. The number of thioether (sulfide) groups is 1. The summed E-state index contributed by atoms with van der Waals surface area (Å²) >= 11 is 2.40. The second-order valence-corrected chi connectivity index (χ2v) is 8.47. The summed E-state index contributed by atoms with van der Waals surface area (Å²) in [5.74, 6) is 0.260. The molecule has 0 bridgehead atoms. The average Bonchev–Trinajstić information content (AvgIpc) is 3.45. The van der Waals surface area contributed by atoms with E-state index in [1.165, 1.54) is 35.2 Å². The number of aryl methyl sites for hydroxylation is 1. The van der Waals surface area contributed by atoms with Crippen molar-refractivity contribution in [1.29, 1.82) is 0 Å². The molecule has 0 spiro atoms. The standard InChI is InChI=1S/C19H17FN6O3S2/c20-11-3-4-13-14(8-11)31-18(22-13)23-17(28)10-30-19-25-24-16(6-5-15(21)27)26(19)9-12-2-1-7-29-12/h1-4,7-8H,5-6,9-10H2,(H2,21,27)(H,22,23,28). The fourth-order valence-electron chi connectivity index (χ4n) is 2.80. The Hall–Kier alpha value is -3.25. The number of furan rings is 1. The first-order chi connectivity index (χ1) is 15.0. The van der Waals surface area contributed by atoms with Crippen LogP contribution >= 0.6 is 23.1 Å². The third-order valence-corrected chi connectivity index (χ3v) is 6.11. The minimum absolute atomic E-state index is 0.0659. The van der Waals surface area contributed by atoms with Crippen LogP contribution in [0.3, 0.4) is 0 Å². The van der Waals surface area contributed by atoms with Gasteiger partial charge in [0.2, 0.25) is 11.8 Å². The largest absolute Gasteiger partial charge is 0.467 e. The predicted molar refractivity (Wildman–Crippen MR) is 114 cm³/mol. The van der Waals surface area contributed by atoms with Crippen LogP contribution < -0.4 is 11.1 Å². The van der Waals surface area contributed by atoms with Crippen LogP contribution in [0.5, 0.6) is 0 Å². The number of nitrogens with two attached hydrogens (primary N) is 1. The van der Waals surface area contributed by atoms with Crippen LogP contribution in [0.4, 0.5) is 9.52 Å². The summed E-state index contributed by atoms with van der Waals surface area (Å²) in [4.78, 5) is 27.8. The minimum atomic E-state index is -0.433. The zero-order valence-corrected chi connectivity index (χ0v) is 17.7. The van der Waals surface area contributed by atoms with Crippen LogP contribution in [-0.4, -0.2) is 37.3 Å². The van der Waals surface area contributed by atoms with E-state index in [0.717, 1.165) is 0 Å². The first-order valence-electron chi connectivity index (χ1n) is 9.19. The topological polar surface area (TPSA) is 129 Å². The number of nitrogens with zero attached hydrogens (tertiary/aromatic N) is 4. The highest BCUT2D eigenvalue weighted by Crippen LogP contribution is 2.27. The number of rotatable bonds is 9. The van der Waals surface area contributed by atoms with Gasteiger partial charge in [-0.15, -0.1) is 10.2 Å². The maximum atomic E-state index is 13.3. The number of aromatic nitrogens is 4. The van der Waals surface area contributed by atoms with Gasteiger partial charge < -0.3 is 15.5 Å². The van der Waals surface area contributed by atoms with Crippen molar-refractivity contribution in [2.75, 3.05) is 11.1 Å². The van der Waals surface area contributed by atoms with E-state index in [1.807, 2.05) is 6.07 Å². The summed E-state index contributed by atoms with van der Waals surface area (Å²) in [7, 11) is 0. The van der Waals surface area contributed by atoms with Crippen molar-refractivity contribution in [3.8, 4) is 0 Å². The minimum Gasteiger partial charge on any atom is -0.467 e. The van der Waals surface area contributed by atoms with E-state index in [0.29, 0.717) is 45.1 Å². The van der Waals surface area contributed by atoms with Gasteiger partial charge in [0, 0.05) is 12.8 Å². The maximum Gasteiger partial charge on any atom is 0.236 e. The van der Waals surface area contributed by atoms with Gasteiger partial charge in [-0.3, -0.25) is 14.2 Å². The Labute approximate surface area is 183 Å². The fraction of sp³-hybridized carbons (Fsp3) is 0.211. The summed E-state index contributed by atoms with van der Waals surface area (Å²) in [5.41, 5.74) is 5.86. The Balaban J connectivity index is 1.43. The van der Waals surface area contributed by atoms with E-state index in [1.54, 1.807) is 23.0 Å². The van der Waals surface area contributed by atoms with E-state index in [2.05, 4.69) is 20.5 Å². The number of primary amides is 1. The molecule has 9 nitrogen and oxygen atoms in total. The summed E-state index contributed by atoms with van der Waals surface area (Å²) in [6, 6.07) is 7.85. The van der Waals surface area contributed by atoms with Crippen molar-refractivity contribution in [1.82, 2.24) is 19.7 Å². The van der Waals surface area contributed by atoms with Crippen LogP contribution in [0, 0.1) is 5.82 Å². The maximum absolute atomic E-state index is 13.3. The van der Waals surface area contributed by atoms with Gasteiger partial charge in [0.1, 0.15) is 17.4 Å². The summed E-state index contributed by atoms with van der Waals surface area (Å²) in [6.45, 7) is 0.363. The summed E-state index contributed by atoms with van der Waals surface area (Å²) in [6.07, 6.45) is 2.03. The smallest absolute Gasteiger partial charge is 0.236 e. The fourth-order valence-corrected chi connectivity index (χ4v) is 4.46. The monoisotopic (exact) mass is 460 g/mol. The highest BCUT2D eigenvalue weighted by Gasteiger charge is 2.17. The van der Waals surface area contributed by atoms with Crippen LogP contribution in [0.1, 0.15) is 18.0 Å². The van der Waals surface area contributed by atoms with Crippen LogP contribution in [0.2, 0.25) is 0 Å². The van der Waals surface area contributed by atoms with Crippen molar-refractivity contribution >= 4 is 50.3 Å². The molecule has 3 N–H and O–H groups in total. The molecule has 0 radical (unpaired) electrons. The van der Waals surface area contributed by atoms with E-state index < -0.39 is 5.91 Å². The number of thiazole rings is 1. The van der Waals surface area contributed by atoms with Crippen LogP contribution in [0.15, 0.2) is 46.2 Å². The summed E-state index contributed by atoms with van der Waals surface area (Å²) in [5, 5.41) is 11.9. The van der Waals surface area contributed by atoms with Gasteiger partial charge in [-0.05, 0) is 30.3 Å². The van der Waals surface area contributed by atoms with Crippen LogP contribution in [-0.2, 0) is 22.6 Å².